The number of ether oxygens (including phenoxy) is 1. The molecule has 0 bridgehead atoms. The van der Waals surface area contributed by atoms with Gasteiger partial charge in [-0.05, 0) is 24.3 Å². The van der Waals surface area contributed by atoms with Gasteiger partial charge in [-0.3, -0.25) is 15.1 Å². The van der Waals surface area contributed by atoms with Crippen LogP contribution in [-0.4, -0.2) is 22.5 Å². The van der Waals surface area contributed by atoms with E-state index in [1.165, 1.54) is 24.3 Å². The fourth-order valence-electron chi connectivity index (χ4n) is 1.60. The van der Waals surface area contributed by atoms with Gasteiger partial charge in [0.15, 0.2) is 0 Å². The van der Waals surface area contributed by atoms with Gasteiger partial charge in [0.25, 0.3) is 5.69 Å². The minimum atomic E-state index is -0.518. The molecule has 1 aromatic carbocycles. The second-order valence-electron chi connectivity index (χ2n) is 4.01. The zero-order chi connectivity index (χ0) is 14.4. The number of aromatic nitrogens is 1. The molecule has 0 atom stereocenters. The lowest BCUT2D eigenvalue weighted by Gasteiger charge is -2.04. The molecule has 0 N–H and O–H groups in total. The number of nitrogens with zero attached hydrogens (tertiary/aromatic N) is 2. The average Bonchev–Trinajstić information content (AvgIpc) is 2.48. The molecule has 0 amide bonds. The van der Waals surface area contributed by atoms with E-state index >= 15 is 0 Å². The van der Waals surface area contributed by atoms with Gasteiger partial charge in [0, 0.05) is 30.4 Å². The maximum absolute atomic E-state index is 11.7. The largest absolute Gasteiger partial charge is 0.462 e. The molecule has 2 aromatic rings. The van der Waals surface area contributed by atoms with Gasteiger partial charge in [-0.25, -0.2) is 4.79 Å². The molecule has 0 aliphatic heterocycles. The summed E-state index contributed by atoms with van der Waals surface area (Å²) >= 11 is 0. The number of carbonyl (C=O) groups excluding carboxylic acids is 1. The van der Waals surface area contributed by atoms with Crippen LogP contribution >= 0.6 is 0 Å². The van der Waals surface area contributed by atoms with Gasteiger partial charge < -0.3 is 4.74 Å². The number of nitro benzene ring substituents is 1. The molecule has 102 valence electrons. The van der Waals surface area contributed by atoms with Crippen LogP contribution in [0.25, 0.3) is 0 Å². The molecular formula is C14H12N2O4. The van der Waals surface area contributed by atoms with Gasteiger partial charge in [0.05, 0.1) is 17.1 Å². The first-order chi connectivity index (χ1) is 9.66. The van der Waals surface area contributed by atoms with Gasteiger partial charge in [-0.15, -0.1) is 0 Å². The number of hydrogen-bond acceptors (Lipinski definition) is 5. The molecule has 0 unspecified atom stereocenters. The van der Waals surface area contributed by atoms with Gasteiger partial charge in [-0.2, -0.15) is 0 Å². The molecule has 0 aliphatic carbocycles. The molecule has 0 saturated carbocycles. The van der Waals surface area contributed by atoms with Crippen LogP contribution in [0, 0.1) is 10.1 Å². The number of carbonyl (C=O) groups is 1. The van der Waals surface area contributed by atoms with Crippen molar-refractivity contribution in [1.82, 2.24) is 4.98 Å². The van der Waals surface area contributed by atoms with E-state index in [1.807, 2.05) is 18.2 Å². The zero-order valence-corrected chi connectivity index (χ0v) is 10.6. The summed E-state index contributed by atoms with van der Waals surface area (Å²) in [5.74, 6) is -0.504. The van der Waals surface area contributed by atoms with E-state index in [2.05, 4.69) is 4.98 Å². The normalized spacial score (nSPS) is 10.0. The zero-order valence-electron chi connectivity index (χ0n) is 10.6. The topological polar surface area (TPSA) is 82.3 Å². The van der Waals surface area contributed by atoms with Crippen molar-refractivity contribution in [3.8, 4) is 0 Å². The molecule has 20 heavy (non-hydrogen) atoms. The molecule has 6 heteroatoms. The SMILES string of the molecule is O=C(OCCc1ccccn1)c1ccc([N+](=O)[O-])cc1. The van der Waals surface area contributed by atoms with E-state index in [4.69, 9.17) is 4.74 Å². The monoisotopic (exact) mass is 272 g/mol. The van der Waals surface area contributed by atoms with Crippen LogP contribution in [0.5, 0.6) is 0 Å². The number of nitro groups is 1. The Morgan fingerprint density at radius 1 is 1.20 bits per heavy atom. The lowest BCUT2D eigenvalue weighted by Crippen LogP contribution is -2.08. The van der Waals surface area contributed by atoms with Crippen molar-refractivity contribution < 1.29 is 14.5 Å². The van der Waals surface area contributed by atoms with Crippen LogP contribution in [-0.2, 0) is 11.2 Å². The van der Waals surface area contributed by atoms with Crippen molar-refractivity contribution in [2.75, 3.05) is 6.61 Å². The highest BCUT2D eigenvalue weighted by atomic mass is 16.6. The van der Waals surface area contributed by atoms with E-state index in [1.54, 1.807) is 6.20 Å². The molecule has 0 spiro atoms. The van der Waals surface area contributed by atoms with E-state index < -0.39 is 10.9 Å². The second-order valence-corrected chi connectivity index (χ2v) is 4.01. The van der Waals surface area contributed by atoms with E-state index in [0.717, 1.165) is 5.69 Å². The molecule has 2 rings (SSSR count). The van der Waals surface area contributed by atoms with Crippen molar-refractivity contribution in [2.45, 2.75) is 6.42 Å². The lowest BCUT2D eigenvalue weighted by atomic mass is 10.2. The van der Waals surface area contributed by atoms with Crippen LogP contribution in [0.2, 0.25) is 0 Å². The summed E-state index contributed by atoms with van der Waals surface area (Å²) < 4.78 is 5.08. The fourth-order valence-corrected chi connectivity index (χ4v) is 1.60. The Bertz CT molecular complexity index is 596. The Balaban J connectivity index is 1.87. The smallest absolute Gasteiger partial charge is 0.338 e. The molecule has 1 aromatic heterocycles. The number of hydrogen-bond donors (Lipinski definition) is 0. The second kappa shape index (κ2) is 6.42. The predicted octanol–water partition coefficient (Wildman–Crippen LogP) is 2.39. The first kappa shape index (κ1) is 13.7. The molecule has 0 aliphatic rings. The van der Waals surface area contributed by atoms with Crippen molar-refractivity contribution in [3.63, 3.8) is 0 Å². The summed E-state index contributed by atoms with van der Waals surface area (Å²) in [6.45, 7) is 0.215. The third-order valence-corrected chi connectivity index (χ3v) is 2.63. The minimum Gasteiger partial charge on any atom is -0.462 e. The lowest BCUT2D eigenvalue weighted by molar-refractivity contribution is -0.384. The summed E-state index contributed by atoms with van der Waals surface area (Å²) in [4.78, 5) is 25.8. The maximum atomic E-state index is 11.7. The van der Waals surface area contributed by atoms with Crippen molar-refractivity contribution in [3.05, 3.63) is 70.0 Å². The fraction of sp³-hybridized carbons (Fsp3) is 0.143. The first-order valence-electron chi connectivity index (χ1n) is 5.98. The van der Waals surface area contributed by atoms with E-state index in [-0.39, 0.29) is 17.9 Å². The molecular weight excluding hydrogens is 260 g/mol. The summed E-state index contributed by atoms with van der Waals surface area (Å²) in [5.41, 5.74) is 1.07. The van der Waals surface area contributed by atoms with E-state index in [0.29, 0.717) is 6.42 Å². The van der Waals surface area contributed by atoms with Crippen LogP contribution in [0.1, 0.15) is 16.1 Å². The molecule has 0 fully saturated rings. The van der Waals surface area contributed by atoms with E-state index in [9.17, 15) is 14.9 Å². The Morgan fingerprint density at radius 2 is 1.95 bits per heavy atom. The minimum absolute atomic E-state index is 0.0602. The third kappa shape index (κ3) is 3.61. The number of non-ortho nitro benzene ring substituents is 1. The summed E-state index contributed by atoms with van der Waals surface area (Å²) in [5, 5.41) is 10.5. The molecule has 1 heterocycles. The number of pyridine rings is 1. The van der Waals surface area contributed by atoms with Crippen LogP contribution in [0.3, 0.4) is 0 Å². The third-order valence-electron chi connectivity index (χ3n) is 2.63. The maximum Gasteiger partial charge on any atom is 0.338 e. The van der Waals surface area contributed by atoms with Crippen molar-refractivity contribution in [2.24, 2.45) is 0 Å². The standard InChI is InChI=1S/C14H12N2O4/c17-14(11-4-6-13(7-5-11)16(18)19)20-10-8-12-3-1-2-9-15-12/h1-7,9H,8,10H2. The summed E-state index contributed by atoms with van der Waals surface area (Å²) in [7, 11) is 0. The molecule has 0 saturated heterocycles. The molecule has 6 nitrogen and oxygen atoms in total. The summed E-state index contributed by atoms with van der Waals surface area (Å²) in [6, 6.07) is 10.8. The Hall–Kier alpha value is -2.76. The highest BCUT2D eigenvalue weighted by Gasteiger charge is 2.10. The van der Waals surface area contributed by atoms with Gasteiger partial charge in [-0.1, -0.05) is 6.07 Å². The predicted molar refractivity (Wildman–Crippen MR) is 71.3 cm³/mol. The van der Waals surface area contributed by atoms with Crippen LogP contribution in [0.4, 0.5) is 5.69 Å². The Kier molecular flexibility index (Phi) is 4.39. The Morgan fingerprint density at radius 3 is 2.55 bits per heavy atom. The number of rotatable bonds is 5. The highest BCUT2D eigenvalue weighted by Crippen LogP contribution is 2.12. The molecule has 0 radical (unpaired) electrons. The average molecular weight is 272 g/mol. The quantitative estimate of drug-likeness (QED) is 0.474. The van der Waals surface area contributed by atoms with Gasteiger partial charge in [0.2, 0.25) is 0 Å². The Labute approximate surface area is 115 Å². The number of benzene rings is 1. The van der Waals surface area contributed by atoms with Gasteiger partial charge in [0.1, 0.15) is 0 Å². The van der Waals surface area contributed by atoms with Crippen LogP contribution in [0.15, 0.2) is 48.7 Å². The van der Waals surface area contributed by atoms with Crippen LogP contribution < -0.4 is 0 Å². The summed E-state index contributed by atoms with van der Waals surface area (Å²) in [6.07, 6.45) is 2.20. The number of esters is 1. The first-order valence-corrected chi connectivity index (χ1v) is 5.98. The van der Waals surface area contributed by atoms with Crippen molar-refractivity contribution >= 4 is 11.7 Å². The highest BCUT2D eigenvalue weighted by molar-refractivity contribution is 5.89. The van der Waals surface area contributed by atoms with Crippen molar-refractivity contribution in [1.29, 1.82) is 0 Å². The van der Waals surface area contributed by atoms with Gasteiger partial charge >= 0.3 is 5.97 Å².